The number of carbonyl (C=O) groups excluding carboxylic acids is 1. The lowest BCUT2D eigenvalue weighted by Crippen LogP contribution is -2.37. The van der Waals surface area contributed by atoms with Crippen LogP contribution in [0.2, 0.25) is 0 Å². The number of rotatable bonds is 5. The van der Waals surface area contributed by atoms with Crippen molar-refractivity contribution in [3.63, 3.8) is 0 Å². The van der Waals surface area contributed by atoms with Gasteiger partial charge in [-0.1, -0.05) is 31.0 Å². The molecule has 0 radical (unpaired) electrons. The van der Waals surface area contributed by atoms with Crippen LogP contribution in [0.25, 0.3) is 0 Å². The van der Waals surface area contributed by atoms with E-state index in [4.69, 9.17) is 11.6 Å². The van der Waals surface area contributed by atoms with E-state index in [1.165, 1.54) is 0 Å². The lowest BCUT2D eigenvalue weighted by molar-refractivity contribution is 0.0936. The van der Waals surface area contributed by atoms with Gasteiger partial charge in [-0.05, 0) is 38.3 Å². The van der Waals surface area contributed by atoms with E-state index in [9.17, 15) is 4.79 Å². The van der Waals surface area contributed by atoms with E-state index in [1.54, 1.807) is 0 Å². The summed E-state index contributed by atoms with van der Waals surface area (Å²) in [5.41, 5.74) is 2.92. The van der Waals surface area contributed by atoms with Crippen LogP contribution in [0.1, 0.15) is 41.8 Å². The number of carbonyl (C=O) groups is 1. The van der Waals surface area contributed by atoms with Crippen LogP contribution in [0.5, 0.6) is 0 Å². The molecular formula is C15H22ClNO. The standard InChI is InChI=1S/C15H22ClNO/c1-10(2)5-14(9-16)17-15(18)13-7-11(3)6-12(4)8-13/h6-8,10,14H,5,9H2,1-4H3,(H,17,18). The van der Waals surface area contributed by atoms with Crippen LogP contribution in [-0.2, 0) is 0 Å². The van der Waals surface area contributed by atoms with E-state index in [2.05, 4.69) is 25.2 Å². The first-order chi connectivity index (χ1) is 8.42. The second-order valence-corrected chi connectivity index (χ2v) is 5.64. The highest BCUT2D eigenvalue weighted by atomic mass is 35.5. The van der Waals surface area contributed by atoms with Gasteiger partial charge < -0.3 is 5.32 Å². The zero-order valence-corrected chi connectivity index (χ0v) is 12.3. The molecule has 1 unspecified atom stereocenters. The molecule has 1 N–H and O–H groups in total. The molecule has 1 rings (SSSR count). The van der Waals surface area contributed by atoms with E-state index in [0.29, 0.717) is 17.4 Å². The summed E-state index contributed by atoms with van der Waals surface area (Å²) in [6.45, 7) is 8.25. The van der Waals surface area contributed by atoms with Crippen molar-refractivity contribution < 1.29 is 4.79 Å². The van der Waals surface area contributed by atoms with E-state index in [-0.39, 0.29) is 11.9 Å². The number of hydrogen-bond acceptors (Lipinski definition) is 1. The van der Waals surface area contributed by atoms with Crippen molar-refractivity contribution in [2.24, 2.45) is 5.92 Å². The van der Waals surface area contributed by atoms with Crippen LogP contribution in [0, 0.1) is 19.8 Å². The summed E-state index contributed by atoms with van der Waals surface area (Å²) in [5.74, 6) is 0.940. The number of halogens is 1. The highest BCUT2D eigenvalue weighted by molar-refractivity contribution is 6.18. The topological polar surface area (TPSA) is 29.1 Å². The first-order valence-corrected chi connectivity index (χ1v) is 6.91. The van der Waals surface area contributed by atoms with Crippen molar-refractivity contribution in [2.75, 3.05) is 5.88 Å². The Hall–Kier alpha value is -1.02. The van der Waals surface area contributed by atoms with Gasteiger partial charge in [-0.15, -0.1) is 11.6 Å². The van der Waals surface area contributed by atoms with Crippen molar-refractivity contribution in [3.05, 3.63) is 34.9 Å². The summed E-state index contributed by atoms with van der Waals surface area (Å²) in [5, 5.41) is 3.00. The molecule has 0 spiro atoms. The normalized spacial score (nSPS) is 12.6. The molecule has 0 bridgehead atoms. The fourth-order valence-electron chi connectivity index (χ4n) is 2.10. The largest absolute Gasteiger partial charge is 0.348 e. The van der Waals surface area contributed by atoms with Crippen LogP contribution < -0.4 is 5.32 Å². The molecule has 0 saturated carbocycles. The van der Waals surface area contributed by atoms with Gasteiger partial charge >= 0.3 is 0 Å². The average molecular weight is 268 g/mol. The molecule has 2 nitrogen and oxygen atoms in total. The van der Waals surface area contributed by atoms with Crippen LogP contribution in [0.4, 0.5) is 0 Å². The quantitative estimate of drug-likeness (QED) is 0.810. The maximum absolute atomic E-state index is 12.1. The summed E-state index contributed by atoms with van der Waals surface area (Å²) in [6.07, 6.45) is 0.903. The molecule has 0 saturated heterocycles. The SMILES string of the molecule is Cc1cc(C)cc(C(=O)NC(CCl)CC(C)C)c1. The molecule has 1 atom stereocenters. The molecule has 100 valence electrons. The second-order valence-electron chi connectivity index (χ2n) is 5.33. The van der Waals surface area contributed by atoms with E-state index < -0.39 is 0 Å². The van der Waals surface area contributed by atoms with Crippen LogP contribution >= 0.6 is 11.6 Å². The minimum Gasteiger partial charge on any atom is -0.348 e. The number of aryl methyl sites for hydroxylation is 2. The third-order valence-electron chi connectivity index (χ3n) is 2.76. The molecule has 0 aliphatic heterocycles. The zero-order valence-electron chi connectivity index (χ0n) is 11.6. The molecule has 1 aromatic carbocycles. The maximum atomic E-state index is 12.1. The van der Waals surface area contributed by atoms with Crippen LogP contribution in [0.15, 0.2) is 18.2 Å². The number of benzene rings is 1. The Bertz CT molecular complexity index is 395. The summed E-state index contributed by atoms with van der Waals surface area (Å²) < 4.78 is 0. The first kappa shape index (κ1) is 15.0. The lowest BCUT2D eigenvalue weighted by Gasteiger charge is -2.18. The number of nitrogens with one attached hydrogen (secondary N) is 1. The van der Waals surface area contributed by atoms with Crippen molar-refractivity contribution in [3.8, 4) is 0 Å². The van der Waals surface area contributed by atoms with Crippen molar-refractivity contribution in [2.45, 2.75) is 40.2 Å². The Morgan fingerprint density at radius 2 is 1.78 bits per heavy atom. The molecule has 0 aromatic heterocycles. The Labute approximate surface area is 115 Å². The average Bonchev–Trinajstić information content (AvgIpc) is 2.26. The van der Waals surface area contributed by atoms with Crippen molar-refractivity contribution in [1.82, 2.24) is 5.32 Å². The van der Waals surface area contributed by atoms with Gasteiger partial charge in [0, 0.05) is 17.5 Å². The molecule has 3 heteroatoms. The Morgan fingerprint density at radius 3 is 2.22 bits per heavy atom. The number of amides is 1. The van der Waals surface area contributed by atoms with Gasteiger partial charge in [0.1, 0.15) is 0 Å². The third-order valence-corrected chi connectivity index (χ3v) is 3.13. The molecule has 18 heavy (non-hydrogen) atoms. The molecule has 1 amide bonds. The Balaban J connectivity index is 2.74. The minimum atomic E-state index is -0.0342. The highest BCUT2D eigenvalue weighted by Crippen LogP contribution is 2.11. The smallest absolute Gasteiger partial charge is 0.251 e. The summed E-state index contributed by atoms with van der Waals surface area (Å²) in [7, 11) is 0. The van der Waals surface area contributed by atoms with Crippen molar-refractivity contribution >= 4 is 17.5 Å². The summed E-state index contributed by atoms with van der Waals surface area (Å²) >= 11 is 5.89. The van der Waals surface area contributed by atoms with Crippen LogP contribution in [-0.4, -0.2) is 17.8 Å². The van der Waals surface area contributed by atoms with Gasteiger partial charge in [0.2, 0.25) is 0 Å². The minimum absolute atomic E-state index is 0.0342. The summed E-state index contributed by atoms with van der Waals surface area (Å²) in [4.78, 5) is 12.1. The van der Waals surface area contributed by atoms with Gasteiger partial charge in [0.25, 0.3) is 5.91 Å². The van der Waals surface area contributed by atoms with E-state index in [0.717, 1.165) is 17.5 Å². The number of alkyl halides is 1. The fourth-order valence-corrected chi connectivity index (χ4v) is 2.31. The molecule has 0 aliphatic carbocycles. The van der Waals surface area contributed by atoms with Gasteiger partial charge in [0.05, 0.1) is 0 Å². The van der Waals surface area contributed by atoms with Crippen LogP contribution in [0.3, 0.4) is 0 Å². The molecular weight excluding hydrogens is 246 g/mol. The maximum Gasteiger partial charge on any atom is 0.251 e. The number of hydrogen-bond donors (Lipinski definition) is 1. The monoisotopic (exact) mass is 267 g/mol. The second kappa shape index (κ2) is 6.79. The third kappa shape index (κ3) is 4.69. The first-order valence-electron chi connectivity index (χ1n) is 6.37. The molecule has 0 aliphatic rings. The zero-order chi connectivity index (χ0) is 13.7. The Morgan fingerprint density at radius 1 is 1.22 bits per heavy atom. The molecule has 1 aromatic rings. The fraction of sp³-hybridized carbons (Fsp3) is 0.533. The molecule has 0 fully saturated rings. The molecule has 0 heterocycles. The summed E-state index contributed by atoms with van der Waals surface area (Å²) in [6, 6.07) is 5.91. The van der Waals surface area contributed by atoms with Gasteiger partial charge in [0.15, 0.2) is 0 Å². The van der Waals surface area contributed by atoms with Crippen molar-refractivity contribution in [1.29, 1.82) is 0 Å². The highest BCUT2D eigenvalue weighted by Gasteiger charge is 2.14. The van der Waals surface area contributed by atoms with Gasteiger partial charge in [-0.25, -0.2) is 0 Å². The predicted octanol–water partition coefficient (Wildman–Crippen LogP) is 3.69. The van der Waals surface area contributed by atoms with E-state index >= 15 is 0 Å². The Kier molecular flexibility index (Phi) is 5.67. The van der Waals surface area contributed by atoms with E-state index in [1.807, 2.05) is 26.0 Å². The van der Waals surface area contributed by atoms with Gasteiger partial charge in [-0.2, -0.15) is 0 Å². The van der Waals surface area contributed by atoms with Gasteiger partial charge in [-0.3, -0.25) is 4.79 Å². The lowest BCUT2D eigenvalue weighted by atomic mass is 10.0. The predicted molar refractivity (Wildman–Crippen MR) is 77.3 cm³/mol.